The predicted octanol–water partition coefficient (Wildman–Crippen LogP) is 2.73. The van der Waals surface area contributed by atoms with E-state index in [0.717, 1.165) is 12.4 Å². The van der Waals surface area contributed by atoms with Crippen LogP contribution in [0.25, 0.3) is 10.9 Å². The molecule has 0 aliphatic rings. The van der Waals surface area contributed by atoms with Gasteiger partial charge in [0.25, 0.3) is 0 Å². The third-order valence-electron chi connectivity index (χ3n) is 3.26. The van der Waals surface area contributed by atoms with E-state index in [-0.39, 0.29) is 0 Å². The van der Waals surface area contributed by atoms with Gasteiger partial charge in [0.05, 0.1) is 6.54 Å². The molecule has 1 aromatic carbocycles. The van der Waals surface area contributed by atoms with Crippen LogP contribution in [0.15, 0.2) is 42.9 Å². The topological polar surface area (TPSA) is 22.8 Å². The van der Waals surface area contributed by atoms with Crippen molar-refractivity contribution in [2.45, 2.75) is 13.5 Å². The van der Waals surface area contributed by atoms with Gasteiger partial charge in [0.1, 0.15) is 5.82 Å². The Balaban J connectivity index is 2.07. The van der Waals surface area contributed by atoms with Crippen molar-refractivity contribution in [2.24, 2.45) is 7.05 Å². The molecule has 0 saturated carbocycles. The molecule has 3 rings (SSSR count). The SMILES string of the molecule is Cc1cccc2c1ccn2Cc1nccn1C. The van der Waals surface area contributed by atoms with Crippen molar-refractivity contribution in [1.82, 2.24) is 14.1 Å². The molecule has 17 heavy (non-hydrogen) atoms. The lowest BCUT2D eigenvalue weighted by atomic mass is 10.1. The quantitative estimate of drug-likeness (QED) is 0.657. The average molecular weight is 225 g/mol. The normalized spacial score (nSPS) is 11.2. The molecule has 0 atom stereocenters. The first-order valence-electron chi connectivity index (χ1n) is 5.76. The first kappa shape index (κ1) is 10.1. The lowest BCUT2D eigenvalue weighted by Gasteiger charge is -2.06. The molecule has 0 spiro atoms. The Kier molecular flexibility index (Phi) is 2.25. The van der Waals surface area contributed by atoms with Gasteiger partial charge >= 0.3 is 0 Å². The van der Waals surface area contributed by atoms with E-state index in [9.17, 15) is 0 Å². The van der Waals surface area contributed by atoms with Gasteiger partial charge in [-0.25, -0.2) is 4.98 Å². The Hall–Kier alpha value is -2.03. The molecule has 0 N–H and O–H groups in total. The molecule has 0 radical (unpaired) electrons. The molecule has 0 saturated heterocycles. The van der Waals surface area contributed by atoms with Crippen LogP contribution in [0.4, 0.5) is 0 Å². The summed E-state index contributed by atoms with van der Waals surface area (Å²) >= 11 is 0. The highest BCUT2D eigenvalue weighted by Crippen LogP contribution is 2.20. The molecule has 3 heteroatoms. The van der Waals surface area contributed by atoms with E-state index in [0.29, 0.717) is 0 Å². The van der Waals surface area contributed by atoms with Crippen LogP contribution >= 0.6 is 0 Å². The molecule has 0 unspecified atom stereocenters. The van der Waals surface area contributed by atoms with E-state index in [1.165, 1.54) is 16.5 Å². The number of benzene rings is 1. The van der Waals surface area contributed by atoms with Gasteiger partial charge in [-0.1, -0.05) is 12.1 Å². The molecule has 3 nitrogen and oxygen atoms in total. The highest BCUT2D eigenvalue weighted by Gasteiger charge is 2.05. The molecule has 0 amide bonds. The number of imidazole rings is 1. The van der Waals surface area contributed by atoms with Crippen molar-refractivity contribution in [2.75, 3.05) is 0 Å². The van der Waals surface area contributed by atoms with Gasteiger partial charge in [-0.3, -0.25) is 0 Å². The number of fused-ring (bicyclic) bond motifs is 1. The summed E-state index contributed by atoms with van der Waals surface area (Å²) < 4.78 is 4.30. The lowest BCUT2D eigenvalue weighted by molar-refractivity contribution is 0.718. The van der Waals surface area contributed by atoms with E-state index in [1.54, 1.807) is 0 Å². The number of hydrogen-bond acceptors (Lipinski definition) is 1. The fraction of sp³-hybridized carbons (Fsp3) is 0.214. The van der Waals surface area contributed by atoms with Gasteiger partial charge in [0.2, 0.25) is 0 Å². The molecule has 2 heterocycles. The Bertz CT molecular complexity index is 661. The maximum absolute atomic E-state index is 4.36. The second-order valence-corrected chi connectivity index (χ2v) is 4.41. The van der Waals surface area contributed by atoms with E-state index in [1.807, 2.05) is 19.4 Å². The van der Waals surface area contributed by atoms with Crippen LogP contribution in [-0.4, -0.2) is 14.1 Å². The van der Waals surface area contributed by atoms with Gasteiger partial charge in [-0.15, -0.1) is 0 Å². The van der Waals surface area contributed by atoms with Crippen LogP contribution in [0, 0.1) is 6.92 Å². The van der Waals surface area contributed by atoms with E-state index < -0.39 is 0 Å². The van der Waals surface area contributed by atoms with Crippen LogP contribution in [0.3, 0.4) is 0 Å². The standard InChI is InChI=1S/C14H15N3/c1-11-4-3-5-13-12(11)6-8-17(13)10-14-15-7-9-16(14)2/h3-9H,10H2,1-2H3. The first-order chi connectivity index (χ1) is 8.25. The van der Waals surface area contributed by atoms with E-state index in [4.69, 9.17) is 0 Å². The molecule has 0 bridgehead atoms. The summed E-state index contributed by atoms with van der Waals surface area (Å²) in [5, 5.41) is 1.32. The van der Waals surface area contributed by atoms with Crippen molar-refractivity contribution in [1.29, 1.82) is 0 Å². The number of nitrogens with zero attached hydrogens (tertiary/aromatic N) is 3. The second-order valence-electron chi connectivity index (χ2n) is 4.41. The Labute approximate surface area is 100 Å². The number of hydrogen-bond donors (Lipinski definition) is 0. The van der Waals surface area contributed by atoms with Gasteiger partial charge in [-0.05, 0) is 24.6 Å². The van der Waals surface area contributed by atoms with Crippen LogP contribution in [-0.2, 0) is 13.6 Å². The van der Waals surface area contributed by atoms with Crippen molar-refractivity contribution < 1.29 is 0 Å². The minimum Gasteiger partial charge on any atom is -0.340 e. The van der Waals surface area contributed by atoms with Crippen molar-refractivity contribution >= 4 is 10.9 Å². The first-order valence-corrected chi connectivity index (χ1v) is 5.76. The summed E-state index contributed by atoms with van der Waals surface area (Å²) in [5.74, 6) is 1.07. The third-order valence-corrected chi connectivity index (χ3v) is 3.26. The average Bonchev–Trinajstić information content (AvgIpc) is 2.89. The zero-order valence-electron chi connectivity index (χ0n) is 10.1. The molecule has 0 aliphatic carbocycles. The van der Waals surface area contributed by atoms with Crippen molar-refractivity contribution in [3.05, 3.63) is 54.2 Å². The summed E-state index contributed by atoms with van der Waals surface area (Å²) in [6.07, 6.45) is 5.95. The minimum atomic E-state index is 0.816. The van der Waals surface area contributed by atoms with Gasteiger partial charge in [0.15, 0.2) is 0 Å². The van der Waals surface area contributed by atoms with Crippen LogP contribution < -0.4 is 0 Å². The van der Waals surface area contributed by atoms with Crippen LogP contribution in [0.1, 0.15) is 11.4 Å². The highest BCUT2D eigenvalue weighted by atomic mass is 15.1. The maximum Gasteiger partial charge on any atom is 0.128 e. The Morgan fingerprint density at radius 2 is 2.06 bits per heavy atom. The minimum absolute atomic E-state index is 0.816. The van der Waals surface area contributed by atoms with Crippen LogP contribution in [0.2, 0.25) is 0 Å². The molecule has 86 valence electrons. The zero-order chi connectivity index (χ0) is 11.8. The van der Waals surface area contributed by atoms with Crippen molar-refractivity contribution in [3.63, 3.8) is 0 Å². The predicted molar refractivity (Wildman–Crippen MR) is 69.0 cm³/mol. The van der Waals surface area contributed by atoms with Crippen molar-refractivity contribution in [3.8, 4) is 0 Å². The summed E-state index contributed by atoms with van der Waals surface area (Å²) in [4.78, 5) is 4.36. The zero-order valence-corrected chi connectivity index (χ0v) is 10.1. The largest absolute Gasteiger partial charge is 0.340 e. The van der Waals surface area contributed by atoms with Crippen LogP contribution in [0.5, 0.6) is 0 Å². The van der Waals surface area contributed by atoms with Gasteiger partial charge in [-0.2, -0.15) is 0 Å². The third kappa shape index (κ3) is 1.64. The summed E-state index contributed by atoms with van der Waals surface area (Å²) in [7, 11) is 2.03. The molecule has 2 aromatic heterocycles. The summed E-state index contributed by atoms with van der Waals surface area (Å²) in [5.41, 5.74) is 2.59. The summed E-state index contributed by atoms with van der Waals surface area (Å²) in [6, 6.07) is 8.58. The molecule has 0 aliphatic heterocycles. The lowest BCUT2D eigenvalue weighted by Crippen LogP contribution is -2.04. The monoisotopic (exact) mass is 225 g/mol. The van der Waals surface area contributed by atoms with Gasteiger partial charge < -0.3 is 9.13 Å². The molecular weight excluding hydrogens is 210 g/mol. The molecular formula is C14H15N3. The summed E-state index contributed by atoms with van der Waals surface area (Å²) in [6.45, 7) is 2.96. The molecule has 3 aromatic rings. The fourth-order valence-corrected chi connectivity index (χ4v) is 2.22. The number of rotatable bonds is 2. The number of aromatic nitrogens is 3. The highest BCUT2D eigenvalue weighted by molar-refractivity contribution is 5.83. The van der Waals surface area contributed by atoms with Gasteiger partial charge in [0, 0.05) is 36.5 Å². The van der Waals surface area contributed by atoms with E-state index in [2.05, 4.69) is 51.5 Å². The maximum atomic E-state index is 4.36. The second kappa shape index (κ2) is 3.77. The number of aryl methyl sites for hydroxylation is 2. The van der Waals surface area contributed by atoms with E-state index >= 15 is 0 Å². The Morgan fingerprint density at radius 1 is 1.18 bits per heavy atom. The fourth-order valence-electron chi connectivity index (χ4n) is 2.22. The molecule has 0 fully saturated rings. The Morgan fingerprint density at radius 3 is 2.82 bits per heavy atom. The smallest absolute Gasteiger partial charge is 0.128 e.